The van der Waals surface area contributed by atoms with Gasteiger partial charge in [0, 0.05) is 18.9 Å². The zero-order valence-electron chi connectivity index (χ0n) is 13.1. The van der Waals surface area contributed by atoms with Gasteiger partial charge in [0.2, 0.25) is 0 Å². The molecule has 0 radical (unpaired) electrons. The lowest BCUT2D eigenvalue weighted by atomic mass is 10.1. The molecule has 1 fully saturated rings. The number of hydrogen-bond donors (Lipinski definition) is 3. The van der Waals surface area contributed by atoms with Crippen molar-refractivity contribution in [2.45, 2.75) is 31.9 Å². The van der Waals surface area contributed by atoms with Gasteiger partial charge in [-0.2, -0.15) is 5.10 Å². The molecule has 0 bridgehead atoms. The number of aliphatic hydroxyl groups excluding tert-OH is 1. The van der Waals surface area contributed by atoms with E-state index in [-0.39, 0.29) is 12.1 Å². The van der Waals surface area contributed by atoms with Crippen molar-refractivity contribution in [3.63, 3.8) is 0 Å². The van der Waals surface area contributed by atoms with Gasteiger partial charge in [-0.05, 0) is 49.4 Å². The Morgan fingerprint density at radius 2 is 2.26 bits per heavy atom. The third kappa shape index (κ3) is 4.10. The molecule has 0 spiro atoms. The van der Waals surface area contributed by atoms with Crippen LogP contribution in [0.4, 0.5) is 4.79 Å². The summed E-state index contributed by atoms with van der Waals surface area (Å²) in [5.74, 6) is 0.360. The van der Waals surface area contributed by atoms with Crippen LogP contribution in [-0.2, 0) is 0 Å². The summed E-state index contributed by atoms with van der Waals surface area (Å²) in [4.78, 5) is 11.9. The Labute approximate surface area is 135 Å². The van der Waals surface area contributed by atoms with Gasteiger partial charge in [-0.15, -0.1) is 0 Å². The molecule has 0 saturated heterocycles. The fourth-order valence-corrected chi connectivity index (χ4v) is 2.53. The van der Waals surface area contributed by atoms with Crippen molar-refractivity contribution < 1.29 is 9.90 Å². The molecule has 23 heavy (non-hydrogen) atoms. The largest absolute Gasteiger partial charge is 0.391 e. The van der Waals surface area contributed by atoms with Crippen molar-refractivity contribution in [3.05, 3.63) is 48.3 Å². The van der Waals surface area contributed by atoms with Crippen LogP contribution in [0.2, 0.25) is 0 Å². The van der Waals surface area contributed by atoms with E-state index in [2.05, 4.69) is 15.7 Å². The summed E-state index contributed by atoms with van der Waals surface area (Å²) in [6.07, 6.45) is 5.29. The highest BCUT2D eigenvalue weighted by Gasteiger charge is 2.29. The fourth-order valence-electron chi connectivity index (χ4n) is 2.53. The van der Waals surface area contributed by atoms with Gasteiger partial charge in [-0.25, -0.2) is 9.48 Å². The first kappa shape index (κ1) is 15.6. The van der Waals surface area contributed by atoms with E-state index in [9.17, 15) is 9.90 Å². The van der Waals surface area contributed by atoms with Crippen LogP contribution in [0.25, 0.3) is 5.69 Å². The predicted octanol–water partition coefficient (Wildman–Crippen LogP) is 2.00. The van der Waals surface area contributed by atoms with E-state index in [0.717, 1.165) is 24.1 Å². The number of amides is 2. The minimum atomic E-state index is -0.431. The Morgan fingerprint density at radius 1 is 1.43 bits per heavy atom. The third-order valence-electron chi connectivity index (χ3n) is 4.12. The summed E-state index contributed by atoms with van der Waals surface area (Å²) in [6, 6.07) is 9.35. The maximum atomic E-state index is 11.9. The fraction of sp³-hybridized carbons (Fsp3) is 0.412. The highest BCUT2D eigenvalue weighted by atomic mass is 16.3. The highest BCUT2D eigenvalue weighted by molar-refractivity contribution is 5.74. The van der Waals surface area contributed by atoms with E-state index in [1.165, 1.54) is 0 Å². The smallest absolute Gasteiger partial charge is 0.315 e. The van der Waals surface area contributed by atoms with E-state index < -0.39 is 6.10 Å². The zero-order valence-corrected chi connectivity index (χ0v) is 13.1. The molecule has 1 aliphatic carbocycles. The van der Waals surface area contributed by atoms with Crippen molar-refractivity contribution in [1.82, 2.24) is 20.4 Å². The predicted molar refractivity (Wildman–Crippen MR) is 87.2 cm³/mol. The van der Waals surface area contributed by atoms with Crippen LogP contribution >= 0.6 is 0 Å². The monoisotopic (exact) mass is 314 g/mol. The molecular formula is C17H22N4O2. The summed E-state index contributed by atoms with van der Waals surface area (Å²) in [5.41, 5.74) is 1.95. The molecule has 1 aromatic carbocycles. The van der Waals surface area contributed by atoms with Gasteiger partial charge < -0.3 is 15.7 Å². The average molecular weight is 314 g/mol. The molecule has 1 aliphatic rings. The quantitative estimate of drug-likeness (QED) is 0.763. The molecule has 1 aromatic heterocycles. The minimum Gasteiger partial charge on any atom is -0.391 e. The van der Waals surface area contributed by atoms with Gasteiger partial charge in [-0.1, -0.05) is 12.1 Å². The van der Waals surface area contributed by atoms with Crippen molar-refractivity contribution in [2.75, 3.05) is 6.54 Å². The first-order chi connectivity index (χ1) is 11.1. The second kappa shape index (κ2) is 6.83. The summed E-state index contributed by atoms with van der Waals surface area (Å²) in [7, 11) is 0. The third-order valence-corrected chi connectivity index (χ3v) is 4.12. The molecule has 2 unspecified atom stereocenters. The van der Waals surface area contributed by atoms with Crippen molar-refractivity contribution in [2.24, 2.45) is 5.92 Å². The summed E-state index contributed by atoms with van der Waals surface area (Å²) >= 11 is 0. The number of rotatable bonds is 6. The van der Waals surface area contributed by atoms with Crippen LogP contribution in [0.15, 0.2) is 42.7 Å². The Balaban J connectivity index is 1.56. The number of aromatic nitrogens is 2. The molecule has 3 N–H and O–H groups in total. The molecule has 6 nitrogen and oxygen atoms in total. The zero-order chi connectivity index (χ0) is 16.2. The Morgan fingerprint density at radius 3 is 2.96 bits per heavy atom. The molecule has 0 aliphatic heterocycles. The van der Waals surface area contributed by atoms with Crippen molar-refractivity contribution in [3.8, 4) is 5.69 Å². The normalized spacial score (nSPS) is 16.6. The lowest BCUT2D eigenvalue weighted by Gasteiger charge is -2.17. The number of benzene rings is 1. The number of hydrogen-bond acceptors (Lipinski definition) is 3. The van der Waals surface area contributed by atoms with Crippen molar-refractivity contribution >= 4 is 6.03 Å². The van der Waals surface area contributed by atoms with Gasteiger partial charge in [0.05, 0.1) is 17.8 Å². The summed E-state index contributed by atoms with van der Waals surface area (Å²) in [5, 5.41) is 19.6. The first-order valence-corrected chi connectivity index (χ1v) is 7.96. The number of nitrogens with one attached hydrogen (secondary N) is 2. The number of carbonyl (C=O) groups excluding carboxylic acids is 1. The average Bonchev–Trinajstić information content (AvgIpc) is 3.27. The number of nitrogens with zero attached hydrogens (tertiary/aromatic N) is 2. The van der Waals surface area contributed by atoms with Gasteiger partial charge in [0.1, 0.15) is 0 Å². The lowest BCUT2D eigenvalue weighted by Crippen LogP contribution is -2.41. The molecule has 3 rings (SSSR count). The van der Waals surface area contributed by atoms with Gasteiger partial charge in [0.15, 0.2) is 0 Å². The highest BCUT2D eigenvalue weighted by Crippen LogP contribution is 2.32. The summed E-state index contributed by atoms with van der Waals surface area (Å²) in [6.45, 7) is 2.23. The van der Waals surface area contributed by atoms with Gasteiger partial charge >= 0.3 is 6.03 Å². The number of urea groups is 1. The van der Waals surface area contributed by atoms with Crippen LogP contribution in [-0.4, -0.2) is 33.6 Å². The minimum absolute atomic E-state index is 0.136. The van der Waals surface area contributed by atoms with E-state index >= 15 is 0 Å². The van der Waals surface area contributed by atoms with E-state index in [1.807, 2.05) is 43.5 Å². The standard InChI is InChI=1S/C17H22N4O2/c1-12(20-17(23)18-11-16(22)13-6-7-13)14-4-2-5-15(10-14)21-9-3-8-19-21/h2-5,8-10,12-13,16,22H,6-7,11H2,1H3,(H2,18,20,23). The van der Waals surface area contributed by atoms with Crippen LogP contribution in [0.1, 0.15) is 31.4 Å². The van der Waals surface area contributed by atoms with Crippen LogP contribution in [0.3, 0.4) is 0 Å². The topological polar surface area (TPSA) is 79.2 Å². The van der Waals surface area contributed by atoms with Gasteiger partial charge in [0.25, 0.3) is 0 Å². The number of carbonyl (C=O) groups is 1. The second-order valence-corrected chi connectivity index (χ2v) is 6.03. The number of aliphatic hydroxyl groups is 1. The molecule has 2 atom stereocenters. The molecular weight excluding hydrogens is 292 g/mol. The summed E-state index contributed by atoms with van der Waals surface area (Å²) < 4.78 is 1.78. The van der Waals surface area contributed by atoms with Gasteiger partial charge in [-0.3, -0.25) is 0 Å². The molecule has 122 valence electrons. The van der Waals surface area contributed by atoms with Crippen molar-refractivity contribution in [1.29, 1.82) is 0 Å². The molecule has 2 aromatic rings. The Bertz CT molecular complexity index is 652. The second-order valence-electron chi connectivity index (χ2n) is 6.03. The maximum Gasteiger partial charge on any atom is 0.315 e. The van der Waals surface area contributed by atoms with E-state index in [1.54, 1.807) is 10.9 Å². The van der Waals surface area contributed by atoms with Crippen LogP contribution in [0.5, 0.6) is 0 Å². The lowest BCUT2D eigenvalue weighted by molar-refractivity contribution is 0.149. The van der Waals surface area contributed by atoms with Crippen LogP contribution < -0.4 is 10.6 Å². The van der Waals surface area contributed by atoms with Crippen LogP contribution in [0, 0.1) is 5.92 Å². The maximum absolute atomic E-state index is 11.9. The molecule has 1 saturated carbocycles. The molecule has 1 heterocycles. The Kier molecular flexibility index (Phi) is 4.62. The van der Waals surface area contributed by atoms with E-state index in [4.69, 9.17) is 0 Å². The molecule has 6 heteroatoms. The molecule has 2 amide bonds. The SMILES string of the molecule is CC(NC(=O)NCC(O)C1CC1)c1cccc(-n2cccn2)c1. The first-order valence-electron chi connectivity index (χ1n) is 7.96. The Hall–Kier alpha value is -2.34. The van der Waals surface area contributed by atoms with E-state index in [0.29, 0.717) is 12.5 Å².